The smallest absolute Gasteiger partial charge is 0.147 e. The van der Waals surface area contributed by atoms with E-state index < -0.39 is 9.84 Å². The summed E-state index contributed by atoms with van der Waals surface area (Å²) in [7, 11) is -1.35. The van der Waals surface area contributed by atoms with E-state index in [1.165, 1.54) is 6.26 Å². The lowest BCUT2D eigenvalue weighted by Gasteiger charge is -2.02. The van der Waals surface area contributed by atoms with Gasteiger partial charge in [-0.15, -0.1) is 0 Å². The number of hydrogen-bond donors (Lipinski definition) is 1. The van der Waals surface area contributed by atoms with Crippen molar-refractivity contribution in [1.82, 2.24) is 5.32 Å². The summed E-state index contributed by atoms with van der Waals surface area (Å²) >= 11 is 0. The van der Waals surface area contributed by atoms with Crippen LogP contribution in [0.4, 0.5) is 0 Å². The van der Waals surface area contributed by atoms with Crippen LogP contribution in [0.3, 0.4) is 0 Å². The summed E-state index contributed by atoms with van der Waals surface area (Å²) in [5, 5.41) is 2.91. The van der Waals surface area contributed by atoms with Gasteiger partial charge in [0.05, 0.1) is 18.9 Å². The van der Waals surface area contributed by atoms with Gasteiger partial charge in [-0.1, -0.05) is 0 Å². The van der Waals surface area contributed by atoms with Crippen molar-refractivity contribution < 1.29 is 17.9 Å². The van der Waals surface area contributed by atoms with Gasteiger partial charge >= 0.3 is 0 Å². The molecule has 0 rings (SSSR count). The number of carbonyl (C=O) groups excluding carboxylic acids is 1. The summed E-state index contributed by atoms with van der Waals surface area (Å²) < 4.78 is 26.3. The Balaban J connectivity index is 3.42. The molecule has 0 atom stereocenters. The zero-order chi connectivity index (χ0) is 11.7. The molecule has 0 radical (unpaired) electrons. The molecule has 0 aromatic heterocycles. The zero-order valence-electron chi connectivity index (χ0n) is 9.28. The summed E-state index contributed by atoms with van der Waals surface area (Å²) in [4.78, 5) is 11.2. The topological polar surface area (TPSA) is 72.5 Å². The summed E-state index contributed by atoms with van der Waals surface area (Å²) in [5.41, 5.74) is 0. The molecule has 15 heavy (non-hydrogen) atoms. The van der Waals surface area contributed by atoms with Crippen LogP contribution in [0.2, 0.25) is 0 Å². The highest BCUT2D eigenvalue weighted by atomic mass is 32.2. The van der Waals surface area contributed by atoms with Crippen molar-refractivity contribution >= 4 is 15.6 Å². The largest absolute Gasteiger partial charge is 0.383 e. The van der Waals surface area contributed by atoms with Crippen molar-refractivity contribution in [3.63, 3.8) is 0 Å². The predicted octanol–water partition coefficient (Wildman–Crippen LogP) is -0.384. The van der Waals surface area contributed by atoms with Crippen LogP contribution < -0.4 is 5.32 Å². The number of sulfone groups is 1. The van der Waals surface area contributed by atoms with E-state index >= 15 is 0 Å². The van der Waals surface area contributed by atoms with Gasteiger partial charge in [-0.05, 0) is 6.42 Å². The van der Waals surface area contributed by atoms with Crippen molar-refractivity contribution in [2.45, 2.75) is 12.8 Å². The Bertz CT molecular complexity index is 274. The Kier molecular flexibility index (Phi) is 7.54. The van der Waals surface area contributed by atoms with Crippen LogP contribution >= 0.6 is 0 Å². The highest BCUT2D eigenvalue weighted by Crippen LogP contribution is 1.94. The maximum absolute atomic E-state index is 11.2. The number of Topliss-reactive ketones (excluding diaryl/α,β-unsaturated/α-hetero) is 1. The number of nitrogens with one attached hydrogen (secondary N) is 1. The van der Waals surface area contributed by atoms with Gasteiger partial charge in [-0.3, -0.25) is 4.79 Å². The first kappa shape index (κ1) is 14.5. The number of hydrogen-bond acceptors (Lipinski definition) is 5. The van der Waals surface area contributed by atoms with E-state index in [0.29, 0.717) is 26.0 Å². The fraction of sp³-hybridized carbons (Fsp3) is 0.889. The second kappa shape index (κ2) is 7.78. The Morgan fingerprint density at radius 2 is 2.07 bits per heavy atom. The van der Waals surface area contributed by atoms with Crippen molar-refractivity contribution in [2.75, 3.05) is 38.8 Å². The second-order valence-electron chi connectivity index (χ2n) is 3.44. The predicted molar refractivity (Wildman–Crippen MR) is 58.7 cm³/mol. The van der Waals surface area contributed by atoms with E-state index in [1.807, 2.05) is 0 Å². The molecule has 0 fully saturated rings. The Morgan fingerprint density at radius 3 is 2.60 bits per heavy atom. The third-order valence-corrected chi connectivity index (χ3v) is 2.81. The SMILES string of the molecule is COCCNCC(=O)CCCS(C)(=O)=O. The van der Waals surface area contributed by atoms with E-state index in [2.05, 4.69) is 5.32 Å². The molecule has 5 nitrogen and oxygen atoms in total. The standard InChI is InChI=1S/C9H19NO4S/c1-14-6-5-10-8-9(11)4-3-7-15(2,12)13/h10H,3-8H2,1-2H3. The number of ketones is 1. The van der Waals surface area contributed by atoms with Crippen LogP contribution in [0.1, 0.15) is 12.8 Å². The lowest BCUT2D eigenvalue weighted by molar-refractivity contribution is -0.118. The van der Waals surface area contributed by atoms with Crippen LogP contribution in [0, 0.1) is 0 Å². The van der Waals surface area contributed by atoms with E-state index in [9.17, 15) is 13.2 Å². The minimum absolute atomic E-state index is 0.0368. The van der Waals surface area contributed by atoms with Crippen LogP contribution in [0.25, 0.3) is 0 Å². The molecular formula is C9H19NO4S. The normalized spacial score (nSPS) is 11.6. The first-order valence-corrected chi connectivity index (χ1v) is 6.91. The molecule has 0 aliphatic heterocycles. The highest BCUT2D eigenvalue weighted by molar-refractivity contribution is 7.90. The van der Waals surface area contributed by atoms with Gasteiger partial charge in [0.25, 0.3) is 0 Å². The Hall–Kier alpha value is -0.460. The number of ether oxygens (including phenoxy) is 1. The molecule has 0 amide bonds. The molecule has 90 valence electrons. The first-order chi connectivity index (χ1) is 6.95. The minimum Gasteiger partial charge on any atom is -0.383 e. The number of methoxy groups -OCH3 is 1. The van der Waals surface area contributed by atoms with Crippen molar-refractivity contribution in [3.05, 3.63) is 0 Å². The van der Waals surface area contributed by atoms with Gasteiger partial charge in [0, 0.05) is 26.3 Å². The third kappa shape index (κ3) is 11.5. The Labute approximate surface area is 91.1 Å². The molecule has 0 saturated carbocycles. The van der Waals surface area contributed by atoms with Gasteiger partial charge in [0.2, 0.25) is 0 Å². The van der Waals surface area contributed by atoms with E-state index in [0.717, 1.165) is 0 Å². The summed E-state index contributed by atoms with van der Waals surface area (Å²) in [6, 6.07) is 0. The van der Waals surface area contributed by atoms with Crippen LogP contribution in [-0.2, 0) is 19.4 Å². The van der Waals surface area contributed by atoms with Crippen LogP contribution in [0.15, 0.2) is 0 Å². The molecule has 6 heteroatoms. The molecule has 0 saturated heterocycles. The lowest BCUT2D eigenvalue weighted by Crippen LogP contribution is -2.26. The molecule has 0 aromatic carbocycles. The van der Waals surface area contributed by atoms with Crippen molar-refractivity contribution in [2.24, 2.45) is 0 Å². The fourth-order valence-electron chi connectivity index (χ4n) is 1.02. The maximum atomic E-state index is 11.2. The average molecular weight is 237 g/mol. The minimum atomic E-state index is -2.94. The summed E-state index contributed by atoms with van der Waals surface area (Å²) in [6.45, 7) is 1.48. The molecule has 0 aliphatic carbocycles. The quantitative estimate of drug-likeness (QED) is 0.553. The van der Waals surface area contributed by atoms with Gasteiger partial charge in [-0.2, -0.15) is 0 Å². The number of rotatable bonds is 9. The highest BCUT2D eigenvalue weighted by Gasteiger charge is 2.05. The van der Waals surface area contributed by atoms with Gasteiger partial charge in [-0.25, -0.2) is 8.42 Å². The Morgan fingerprint density at radius 1 is 1.40 bits per heavy atom. The zero-order valence-corrected chi connectivity index (χ0v) is 10.1. The molecule has 1 N–H and O–H groups in total. The van der Waals surface area contributed by atoms with Crippen LogP contribution in [0.5, 0.6) is 0 Å². The van der Waals surface area contributed by atoms with E-state index in [1.54, 1.807) is 7.11 Å². The molecule has 0 aliphatic rings. The third-order valence-electron chi connectivity index (χ3n) is 1.78. The monoisotopic (exact) mass is 237 g/mol. The van der Waals surface area contributed by atoms with E-state index in [-0.39, 0.29) is 18.1 Å². The van der Waals surface area contributed by atoms with Gasteiger partial charge < -0.3 is 10.1 Å². The summed E-state index contributed by atoms with van der Waals surface area (Å²) in [5.74, 6) is 0.117. The molecule has 0 unspecified atom stereocenters. The fourth-order valence-corrected chi connectivity index (χ4v) is 1.69. The number of carbonyl (C=O) groups is 1. The average Bonchev–Trinajstić information content (AvgIpc) is 2.10. The molecule has 0 bridgehead atoms. The molecular weight excluding hydrogens is 218 g/mol. The first-order valence-electron chi connectivity index (χ1n) is 4.85. The lowest BCUT2D eigenvalue weighted by atomic mass is 10.2. The van der Waals surface area contributed by atoms with E-state index in [4.69, 9.17) is 4.74 Å². The molecule has 0 aromatic rings. The van der Waals surface area contributed by atoms with Crippen molar-refractivity contribution in [3.8, 4) is 0 Å². The van der Waals surface area contributed by atoms with Crippen molar-refractivity contribution in [1.29, 1.82) is 0 Å². The second-order valence-corrected chi connectivity index (χ2v) is 5.70. The molecule has 0 heterocycles. The van der Waals surface area contributed by atoms with Crippen LogP contribution in [-0.4, -0.2) is 53.0 Å². The summed E-state index contributed by atoms with van der Waals surface area (Å²) in [6.07, 6.45) is 1.89. The molecule has 0 spiro atoms. The maximum Gasteiger partial charge on any atom is 0.147 e. The van der Waals surface area contributed by atoms with Gasteiger partial charge in [0.15, 0.2) is 0 Å². The van der Waals surface area contributed by atoms with Gasteiger partial charge in [0.1, 0.15) is 15.6 Å².